The summed E-state index contributed by atoms with van der Waals surface area (Å²) in [6.07, 6.45) is 8.69. The number of carbonyl (C=O) groups is 1. The molecule has 1 aromatic carbocycles. The van der Waals surface area contributed by atoms with Crippen LogP contribution in [0.1, 0.15) is 56.1 Å². The molecule has 1 aliphatic carbocycles. The molecular formula is C21H34N2O3S2. The molecule has 1 amide bonds. The zero-order valence-corrected chi connectivity index (χ0v) is 19.0. The van der Waals surface area contributed by atoms with E-state index in [9.17, 15) is 13.2 Å². The maximum absolute atomic E-state index is 12.2. The summed E-state index contributed by atoms with van der Waals surface area (Å²) in [4.78, 5) is 12.1. The summed E-state index contributed by atoms with van der Waals surface area (Å²) < 4.78 is 25.8. The molecule has 0 heterocycles. The first-order valence-corrected chi connectivity index (χ1v) is 13.1. The lowest BCUT2D eigenvalue weighted by molar-refractivity contribution is -0.121. The number of nitrogens with one attached hydrogen (secondary N) is 1. The summed E-state index contributed by atoms with van der Waals surface area (Å²) in [5, 5.41) is 3.72. The molecule has 2 rings (SSSR count). The maximum atomic E-state index is 12.2. The predicted molar refractivity (Wildman–Crippen MR) is 120 cm³/mol. The molecule has 0 saturated heterocycles. The Balaban J connectivity index is 1.73. The van der Waals surface area contributed by atoms with Gasteiger partial charge in [0.1, 0.15) is 0 Å². The molecule has 158 valence electrons. The highest BCUT2D eigenvalue weighted by Crippen LogP contribution is 2.27. The average molecular weight is 427 g/mol. The van der Waals surface area contributed by atoms with Gasteiger partial charge in [0.15, 0.2) is 0 Å². The number of hydrogen-bond acceptors (Lipinski definition) is 4. The Morgan fingerprint density at radius 1 is 1.18 bits per heavy atom. The van der Waals surface area contributed by atoms with E-state index in [-0.39, 0.29) is 5.91 Å². The molecular weight excluding hydrogens is 392 g/mol. The van der Waals surface area contributed by atoms with E-state index in [4.69, 9.17) is 0 Å². The SMILES string of the molecule is Cc1ccc(N(CCCC(=O)NCCSC2CCCCC2)S(C)(=O)=O)cc1C. The van der Waals surface area contributed by atoms with Crippen LogP contribution < -0.4 is 9.62 Å². The number of sulfonamides is 1. The molecule has 7 heteroatoms. The van der Waals surface area contributed by atoms with Crippen molar-refractivity contribution in [3.63, 3.8) is 0 Å². The molecule has 5 nitrogen and oxygen atoms in total. The van der Waals surface area contributed by atoms with Crippen LogP contribution in [0.2, 0.25) is 0 Å². The van der Waals surface area contributed by atoms with Gasteiger partial charge in [0.25, 0.3) is 0 Å². The molecule has 28 heavy (non-hydrogen) atoms. The van der Waals surface area contributed by atoms with Gasteiger partial charge in [-0.15, -0.1) is 0 Å². The number of hydrogen-bond donors (Lipinski definition) is 1. The van der Waals surface area contributed by atoms with E-state index in [1.807, 2.05) is 43.8 Å². The molecule has 0 radical (unpaired) electrons. The second kappa shape index (κ2) is 11.1. The number of thioether (sulfide) groups is 1. The van der Waals surface area contributed by atoms with Gasteiger partial charge in [-0.1, -0.05) is 25.3 Å². The normalized spacial score (nSPS) is 15.4. The molecule has 0 unspecified atom stereocenters. The van der Waals surface area contributed by atoms with Crippen LogP contribution in [0.3, 0.4) is 0 Å². The second-order valence-electron chi connectivity index (χ2n) is 7.69. The zero-order valence-electron chi connectivity index (χ0n) is 17.4. The monoisotopic (exact) mass is 426 g/mol. The second-order valence-corrected chi connectivity index (χ2v) is 11.0. The van der Waals surface area contributed by atoms with Crippen molar-refractivity contribution in [1.29, 1.82) is 0 Å². The van der Waals surface area contributed by atoms with E-state index in [0.29, 0.717) is 31.6 Å². The fourth-order valence-electron chi connectivity index (χ4n) is 3.49. The van der Waals surface area contributed by atoms with Gasteiger partial charge in [0.2, 0.25) is 15.9 Å². The molecule has 0 aromatic heterocycles. The quantitative estimate of drug-likeness (QED) is 0.574. The molecule has 0 atom stereocenters. The molecule has 0 spiro atoms. The molecule has 0 bridgehead atoms. The Morgan fingerprint density at radius 3 is 2.54 bits per heavy atom. The third-order valence-corrected chi connectivity index (χ3v) is 7.85. The van der Waals surface area contributed by atoms with Crippen LogP contribution >= 0.6 is 11.8 Å². The van der Waals surface area contributed by atoms with Crippen molar-refractivity contribution >= 4 is 33.4 Å². The number of nitrogens with zero attached hydrogens (tertiary/aromatic N) is 1. The Morgan fingerprint density at radius 2 is 1.89 bits per heavy atom. The minimum absolute atomic E-state index is 0.00205. The third-order valence-electron chi connectivity index (χ3n) is 5.27. The van der Waals surface area contributed by atoms with Crippen molar-refractivity contribution < 1.29 is 13.2 Å². The van der Waals surface area contributed by atoms with Gasteiger partial charge in [0.05, 0.1) is 11.9 Å². The summed E-state index contributed by atoms with van der Waals surface area (Å²) in [7, 11) is -3.38. The van der Waals surface area contributed by atoms with Gasteiger partial charge in [-0.25, -0.2) is 8.42 Å². The maximum Gasteiger partial charge on any atom is 0.232 e. The van der Waals surface area contributed by atoms with Crippen LogP contribution in [0.5, 0.6) is 0 Å². The Kier molecular flexibility index (Phi) is 9.15. The molecule has 1 aromatic rings. The van der Waals surface area contributed by atoms with Crippen LogP contribution in [-0.2, 0) is 14.8 Å². The van der Waals surface area contributed by atoms with Gasteiger partial charge in [-0.05, 0) is 56.4 Å². The minimum Gasteiger partial charge on any atom is -0.355 e. The van der Waals surface area contributed by atoms with Gasteiger partial charge in [-0.3, -0.25) is 9.10 Å². The third kappa shape index (κ3) is 7.66. The van der Waals surface area contributed by atoms with E-state index in [1.165, 1.54) is 42.7 Å². The molecule has 1 N–H and O–H groups in total. The van der Waals surface area contributed by atoms with Crippen LogP contribution in [0, 0.1) is 13.8 Å². The number of benzene rings is 1. The first-order chi connectivity index (χ1) is 13.3. The van der Waals surface area contributed by atoms with Gasteiger partial charge >= 0.3 is 0 Å². The van der Waals surface area contributed by atoms with Crippen LogP contribution in [0.4, 0.5) is 5.69 Å². The van der Waals surface area contributed by atoms with Crippen molar-refractivity contribution in [3.8, 4) is 0 Å². The van der Waals surface area contributed by atoms with Crippen molar-refractivity contribution in [1.82, 2.24) is 5.32 Å². The minimum atomic E-state index is -3.38. The van der Waals surface area contributed by atoms with E-state index in [1.54, 1.807) is 0 Å². The number of aryl methyl sites for hydroxylation is 2. The zero-order chi connectivity index (χ0) is 20.6. The van der Waals surface area contributed by atoms with E-state index < -0.39 is 10.0 Å². The average Bonchev–Trinajstić information content (AvgIpc) is 2.65. The molecule has 1 saturated carbocycles. The first kappa shape index (κ1) is 23.1. The highest BCUT2D eigenvalue weighted by atomic mass is 32.2. The number of rotatable bonds is 10. The van der Waals surface area contributed by atoms with Gasteiger partial charge in [0, 0.05) is 30.5 Å². The highest BCUT2D eigenvalue weighted by Gasteiger charge is 2.18. The van der Waals surface area contributed by atoms with Crippen LogP contribution in [0.15, 0.2) is 18.2 Å². The Labute approximate surface area is 174 Å². The van der Waals surface area contributed by atoms with Crippen molar-refractivity contribution in [3.05, 3.63) is 29.3 Å². The lowest BCUT2D eigenvalue weighted by Gasteiger charge is -2.23. The van der Waals surface area contributed by atoms with Crippen LogP contribution in [-0.4, -0.2) is 44.7 Å². The highest BCUT2D eigenvalue weighted by molar-refractivity contribution is 7.99. The van der Waals surface area contributed by atoms with E-state index >= 15 is 0 Å². The number of carbonyl (C=O) groups excluding carboxylic acids is 1. The van der Waals surface area contributed by atoms with E-state index in [2.05, 4.69) is 5.32 Å². The molecule has 0 aliphatic heterocycles. The fourth-order valence-corrected chi connectivity index (χ4v) is 5.66. The summed E-state index contributed by atoms with van der Waals surface area (Å²) in [5.41, 5.74) is 2.84. The first-order valence-electron chi connectivity index (χ1n) is 10.2. The van der Waals surface area contributed by atoms with Gasteiger partial charge < -0.3 is 5.32 Å². The summed E-state index contributed by atoms with van der Waals surface area (Å²) in [6.45, 7) is 4.97. The Hall–Kier alpha value is -1.21. The molecule has 1 fully saturated rings. The topological polar surface area (TPSA) is 66.5 Å². The summed E-state index contributed by atoms with van der Waals surface area (Å²) >= 11 is 1.97. The lowest BCUT2D eigenvalue weighted by atomic mass is 10.0. The van der Waals surface area contributed by atoms with Crippen molar-refractivity contribution in [2.45, 2.75) is 64.0 Å². The van der Waals surface area contributed by atoms with E-state index in [0.717, 1.165) is 22.1 Å². The lowest BCUT2D eigenvalue weighted by Crippen LogP contribution is -2.32. The van der Waals surface area contributed by atoms with Crippen molar-refractivity contribution in [2.24, 2.45) is 0 Å². The molecule has 1 aliphatic rings. The number of anilines is 1. The Bertz CT molecular complexity index is 744. The largest absolute Gasteiger partial charge is 0.355 e. The standard InChI is InChI=1S/C21H34N2O3S2/c1-17-11-12-19(16-18(17)2)23(28(3,25)26)14-7-10-21(24)22-13-15-27-20-8-5-4-6-9-20/h11-12,16,20H,4-10,13-15H2,1-3H3,(H,22,24). The summed E-state index contributed by atoms with van der Waals surface area (Å²) in [5.74, 6) is 0.951. The predicted octanol–water partition coefficient (Wildman–Crippen LogP) is 4.03. The number of amides is 1. The smallest absolute Gasteiger partial charge is 0.232 e. The fraction of sp³-hybridized carbons (Fsp3) is 0.667. The van der Waals surface area contributed by atoms with Crippen LogP contribution in [0.25, 0.3) is 0 Å². The van der Waals surface area contributed by atoms with Crippen molar-refractivity contribution in [2.75, 3.05) is 29.4 Å². The summed E-state index contributed by atoms with van der Waals surface area (Å²) in [6, 6.07) is 5.64. The van der Waals surface area contributed by atoms with Gasteiger partial charge in [-0.2, -0.15) is 11.8 Å².